The Kier molecular flexibility index (Phi) is 6.19. The van der Waals surface area contributed by atoms with Crippen LogP contribution in [-0.2, 0) is 6.54 Å². The lowest BCUT2D eigenvalue weighted by atomic mass is 10.1. The molecule has 0 aliphatic heterocycles. The van der Waals surface area contributed by atoms with Crippen LogP contribution >= 0.6 is 23.2 Å². The highest BCUT2D eigenvalue weighted by atomic mass is 35.5. The van der Waals surface area contributed by atoms with E-state index in [0.717, 1.165) is 10.1 Å². The molecule has 3 aromatic heterocycles. The quantitative estimate of drug-likeness (QED) is 0.296. The fourth-order valence-corrected chi connectivity index (χ4v) is 3.90. The molecule has 5 rings (SSSR count). The molecule has 0 fully saturated rings. The summed E-state index contributed by atoms with van der Waals surface area (Å²) in [5, 5.41) is 11.8. The third-order valence-electron chi connectivity index (χ3n) is 5.24. The molecule has 2 aromatic carbocycles. The number of benzene rings is 2. The predicted octanol–water partition coefficient (Wildman–Crippen LogP) is 6.14. The van der Waals surface area contributed by atoms with Crippen molar-refractivity contribution in [2.75, 3.05) is 5.32 Å². The highest BCUT2D eigenvalue weighted by Crippen LogP contribution is 2.27. The SMILES string of the molecule is O=C(Nc1nn(Cc2ccc(Cl)cc2)cc1Cl)c1cnn2c(C(F)F)cc(-c3ccccc3)nc12. The molecular formula is C24H16Cl2F2N6O. The van der Waals surface area contributed by atoms with E-state index in [0.29, 0.717) is 22.8 Å². The normalized spacial score (nSPS) is 11.3. The smallest absolute Gasteiger partial charge is 0.280 e. The summed E-state index contributed by atoms with van der Waals surface area (Å²) in [4.78, 5) is 17.5. The van der Waals surface area contributed by atoms with Crippen molar-refractivity contribution in [2.45, 2.75) is 13.0 Å². The van der Waals surface area contributed by atoms with Gasteiger partial charge in [-0.25, -0.2) is 18.3 Å². The highest BCUT2D eigenvalue weighted by molar-refractivity contribution is 6.33. The van der Waals surface area contributed by atoms with Crippen LogP contribution in [0, 0.1) is 0 Å². The van der Waals surface area contributed by atoms with Crippen LogP contribution in [0.1, 0.15) is 28.0 Å². The average Bonchev–Trinajstić information content (AvgIpc) is 3.43. The Morgan fingerprint density at radius 3 is 2.51 bits per heavy atom. The van der Waals surface area contributed by atoms with E-state index < -0.39 is 12.3 Å². The Morgan fingerprint density at radius 2 is 1.80 bits per heavy atom. The van der Waals surface area contributed by atoms with Gasteiger partial charge in [0.2, 0.25) is 0 Å². The van der Waals surface area contributed by atoms with Gasteiger partial charge in [0.1, 0.15) is 16.3 Å². The first-order chi connectivity index (χ1) is 16.9. The maximum atomic E-state index is 13.8. The van der Waals surface area contributed by atoms with Crippen molar-refractivity contribution in [1.82, 2.24) is 24.4 Å². The summed E-state index contributed by atoms with van der Waals surface area (Å²) in [7, 11) is 0. The van der Waals surface area contributed by atoms with E-state index in [1.54, 1.807) is 47.3 Å². The van der Waals surface area contributed by atoms with Crippen molar-refractivity contribution < 1.29 is 13.6 Å². The Morgan fingerprint density at radius 1 is 1.06 bits per heavy atom. The minimum absolute atomic E-state index is 0.00382. The molecule has 176 valence electrons. The molecular weight excluding hydrogens is 497 g/mol. The number of amides is 1. The van der Waals surface area contributed by atoms with Crippen molar-refractivity contribution in [3.63, 3.8) is 0 Å². The predicted molar refractivity (Wildman–Crippen MR) is 129 cm³/mol. The van der Waals surface area contributed by atoms with Crippen molar-refractivity contribution in [1.29, 1.82) is 0 Å². The van der Waals surface area contributed by atoms with E-state index in [9.17, 15) is 13.6 Å². The number of carbonyl (C=O) groups is 1. The fraction of sp³-hybridized carbons (Fsp3) is 0.0833. The summed E-state index contributed by atoms with van der Waals surface area (Å²) in [6.07, 6.45) is -0.0591. The van der Waals surface area contributed by atoms with Gasteiger partial charge in [-0.1, -0.05) is 65.7 Å². The lowest BCUT2D eigenvalue weighted by Crippen LogP contribution is -2.14. The molecule has 11 heteroatoms. The number of carbonyl (C=O) groups excluding carboxylic acids is 1. The second-order valence-corrected chi connectivity index (χ2v) is 8.47. The third kappa shape index (κ3) is 4.73. The first kappa shape index (κ1) is 22.9. The molecule has 7 nitrogen and oxygen atoms in total. The Bertz CT molecular complexity index is 1520. The lowest BCUT2D eigenvalue weighted by molar-refractivity contribution is 0.102. The van der Waals surface area contributed by atoms with Crippen LogP contribution in [0.4, 0.5) is 14.6 Å². The zero-order chi connectivity index (χ0) is 24.5. The number of alkyl halides is 2. The number of anilines is 1. The Labute approximate surface area is 207 Å². The van der Waals surface area contributed by atoms with Crippen LogP contribution in [0.3, 0.4) is 0 Å². The number of fused-ring (bicyclic) bond motifs is 1. The zero-order valence-corrected chi connectivity index (χ0v) is 19.4. The summed E-state index contributed by atoms with van der Waals surface area (Å²) in [5.41, 5.74) is 1.50. The molecule has 0 aliphatic carbocycles. The number of hydrogen-bond donors (Lipinski definition) is 1. The highest BCUT2D eigenvalue weighted by Gasteiger charge is 2.22. The van der Waals surface area contributed by atoms with Crippen LogP contribution in [0.5, 0.6) is 0 Å². The first-order valence-electron chi connectivity index (χ1n) is 10.4. The largest absolute Gasteiger partial charge is 0.304 e. The van der Waals surface area contributed by atoms with Crippen molar-refractivity contribution in [3.8, 4) is 11.3 Å². The average molecular weight is 513 g/mol. The second kappa shape index (κ2) is 9.44. The van der Waals surface area contributed by atoms with Crippen molar-refractivity contribution >= 4 is 40.6 Å². The fourth-order valence-electron chi connectivity index (χ4n) is 3.57. The van der Waals surface area contributed by atoms with E-state index >= 15 is 0 Å². The van der Waals surface area contributed by atoms with Gasteiger partial charge < -0.3 is 5.32 Å². The summed E-state index contributed by atoms with van der Waals surface area (Å²) in [5.74, 6) is -0.505. The summed E-state index contributed by atoms with van der Waals surface area (Å²) in [6, 6.07) is 17.3. The Balaban J connectivity index is 1.46. The van der Waals surface area contributed by atoms with Crippen molar-refractivity contribution in [2.24, 2.45) is 0 Å². The van der Waals surface area contributed by atoms with Crippen molar-refractivity contribution in [3.05, 3.63) is 99.9 Å². The van der Waals surface area contributed by atoms with Crippen LogP contribution in [0.25, 0.3) is 16.9 Å². The summed E-state index contributed by atoms with van der Waals surface area (Å²) < 4.78 is 30.1. The third-order valence-corrected chi connectivity index (χ3v) is 5.77. The first-order valence-corrected chi connectivity index (χ1v) is 11.2. The van der Waals surface area contributed by atoms with E-state index in [1.807, 2.05) is 18.2 Å². The van der Waals surface area contributed by atoms with E-state index in [1.165, 1.54) is 12.3 Å². The van der Waals surface area contributed by atoms with Crippen LogP contribution < -0.4 is 5.32 Å². The van der Waals surface area contributed by atoms with Gasteiger partial charge in [-0.15, -0.1) is 0 Å². The van der Waals surface area contributed by atoms with E-state index in [-0.39, 0.29) is 27.7 Å². The molecule has 0 radical (unpaired) electrons. The zero-order valence-electron chi connectivity index (χ0n) is 17.9. The molecule has 0 aliphatic rings. The minimum atomic E-state index is -2.82. The van der Waals surface area contributed by atoms with Gasteiger partial charge >= 0.3 is 0 Å². The summed E-state index contributed by atoms with van der Waals surface area (Å²) in [6.45, 7) is 0.406. The second-order valence-electron chi connectivity index (χ2n) is 7.63. The lowest BCUT2D eigenvalue weighted by Gasteiger charge is -2.08. The number of aromatic nitrogens is 5. The Hall–Kier alpha value is -3.82. The van der Waals surface area contributed by atoms with E-state index in [4.69, 9.17) is 23.2 Å². The van der Waals surface area contributed by atoms with Gasteiger partial charge in [0.15, 0.2) is 11.5 Å². The van der Waals surface area contributed by atoms with Gasteiger partial charge in [0.25, 0.3) is 12.3 Å². The van der Waals surface area contributed by atoms with Gasteiger partial charge in [-0.05, 0) is 23.8 Å². The topological polar surface area (TPSA) is 77.1 Å². The molecule has 0 saturated carbocycles. The molecule has 0 bridgehead atoms. The molecule has 1 N–H and O–H groups in total. The molecule has 35 heavy (non-hydrogen) atoms. The van der Waals surface area contributed by atoms with Gasteiger partial charge in [0.05, 0.1) is 18.4 Å². The standard InChI is InChI=1S/C24H16Cl2F2N6O/c25-16-8-6-14(7-9-16)12-33-13-18(26)22(32-33)31-24(35)17-11-29-34-20(21(27)28)10-19(30-23(17)34)15-4-2-1-3-5-15/h1-11,13,21H,12H2,(H,31,32,35). The molecule has 5 aromatic rings. The molecule has 1 amide bonds. The van der Waals surface area contributed by atoms with Crippen LogP contribution in [0.2, 0.25) is 10.0 Å². The molecule has 0 atom stereocenters. The number of nitrogens with one attached hydrogen (secondary N) is 1. The summed E-state index contributed by atoms with van der Waals surface area (Å²) >= 11 is 12.2. The van der Waals surface area contributed by atoms with E-state index in [2.05, 4.69) is 20.5 Å². The van der Waals surface area contributed by atoms with Crippen LogP contribution in [0.15, 0.2) is 73.1 Å². The molecule has 0 saturated heterocycles. The molecule has 0 unspecified atom stereocenters. The maximum absolute atomic E-state index is 13.8. The number of hydrogen-bond acceptors (Lipinski definition) is 4. The molecule has 3 heterocycles. The van der Waals surface area contributed by atoms with Gasteiger partial charge in [-0.3, -0.25) is 9.48 Å². The monoisotopic (exact) mass is 512 g/mol. The van der Waals surface area contributed by atoms with Crippen LogP contribution in [-0.4, -0.2) is 30.3 Å². The number of nitrogens with zero attached hydrogens (tertiary/aromatic N) is 5. The van der Waals surface area contributed by atoms with Gasteiger partial charge in [0, 0.05) is 16.8 Å². The number of rotatable bonds is 6. The maximum Gasteiger partial charge on any atom is 0.280 e. The van der Waals surface area contributed by atoms with Gasteiger partial charge in [-0.2, -0.15) is 10.2 Å². The minimum Gasteiger partial charge on any atom is -0.304 e. The molecule has 0 spiro atoms. The number of halogens is 4.